The van der Waals surface area contributed by atoms with Crippen LogP contribution in [0.2, 0.25) is 0 Å². The van der Waals surface area contributed by atoms with Crippen LogP contribution in [0.15, 0.2) is 29.8 Å². The molecular weight excluding hydrogens is 300 g/mol. The lowest BCUT2D eigenvalue weighted by molar-refractivity contribution is -0.115. The van der Waals surface area contributed by atoms with Gasteiger partial charge < -0.3 is 20.7 Å². The van der Waals surface area contributed by atoms with E-state index < -0.39 is 0 Å². The van der Waals surface area contributed by atoms with E-state index >= 15 is 0 Å². The summed E-state index contributed by atoms with van der Waals surface area (Å²) in [6.45, 7) is 4.84. The number of nitrogen functional groups attached to an aromatic ring is 1. The highest BCUT2D eigenvalue weighted by Crippen LogP contribution is 2.38. The van der Waals surface area contributed by atoms with Crippen LogP contribution in [0.4, 0.5) is 16.5 Å². The second-order valence-corrected chi connectivity index (χ2v) is 6.72. The van der Waals surface area contributed by atoms with Gasteiger partial charge in [0.15, 0.2) is 5.13 Å². The number of thiazole rings is 1. The molecule has 0 fully saturated rings. The molecule has 2 heterocycles. The monoisotopic (exact) mass is 318 g/mol. The van der Waals surface area contributed by atoms with Crippen molar-refractivity contribution in [3.8, 4) is 5.75 Å². The SMILES string of the molecule is CC1(C)CN(CC(=O)Nc2nccs2)c2ccc(N)cc2O1. The number of nitrogens with one attached hydrogen (secondary N) is 1. The maximum Gasteiger partial charge on any atom is 0.245 e. The van der Waals surface area contributed by atoms with Gasteiger partial charge in [-0.1, -0.05) is 0 Å². The number of ether oxygens (including phenoxy) is 1. The minimum absolute atomic E-state index is 0.101. The zero-order valence-electron chi connectivity index (χ0n) is 12.5. The Kier molecular flexibility index (Phi) is 3.66. The van der Waals surface area contributed by atoms with E-state index in [2.05, 4.69) is 10.3 Å². The maximum absolute atomic E-state index is 12.2. The summed E-state index contributed by atoms with van der Waals surface area (Å²) in [4.78, 5) is 18.3. The molecule has 1 aliphatic rings. The smallest absolute Gasteiger partial charge is 0.245 e. The summed E-state index contributed by atoms with van der Waals surface area (Å²) in [5.74, 6) is 0.605. The Labute approximate surface area is 132 Å². The van der Waals surface area contributed by atoms with Crippen LogP contribution in [0.25, 0.3) is 0 Å². The average molecular weight is 318 g/mol. The normalized spacial score (nSPS) is 15.8. The van der Waals surface area contributed by atoms with Gasteiger partial charge in [-0.3, -0.25) is 4.79 Å². The average Bonchev–Trinajstić information content (AvgIpc) is 2.89. The number of nitrogens with two attached hydrogens (primary N) is 1. The van der Waals surface area contributed by atoms with Gasteiger partial charge in [0.1, 0.15) is 11.4 Å². The van der Waals surface area contributed by atoms with Crippen LogP contribution >= 0.6 is 11.3 Å². The Balaban J connectivity index is 1.79. The van der Waals surface area contributed by atoms with E-state index in [1.165, 1.54) is 11.3 Å². The molecule has 1 aliphatic heterocycles. The van der Waals surface area contributed by atoms with Crippen molar-refractivity contribution in [2.75, 3.05) is 29.0 Å². The van der Waals surface area contributed by atoms with Gasteiger partial charge in [-0.05, 0) is 26.0 Å². The number of benzene rings is 1. The molecule has 1 aromatic heterocycles. The van der Waals surface area contributed by atoms with Crippen LogP contribution in [0.3, 0.4) is 0 Å². The van der Waals surface area contributed by atoms with Crippen molar-refractivity contribution in [3.63, 3.8) is 0 Å². The van der Waals surface area contributed by atoms with Gasteiger partial charge >= 0.3 is 0 Å². The van der Waals surface area contributed by atoms with Crippen LogP contribution in [-0.2, 0) is 4.79 Å². The number of rotatable bonds is 3. The Morgan fingerprint density at radius 1 is 1.55 bits per heavy atom. The van der Waals surface area contributed by atoms with Crippen LogP contribution in [0.5, 0.6) is 5.75 Å². The van der Waals surface area contributed by atoms with Crippen molar-refractivity contribution in [2.45, 2.75) is 19.4 Å². The molecule has 1 aromatic carbocycles. The van der Waals surface area contributed by atoms with Gasteiger partial charge in [-0.2, -0.15) is 0 Å². The number of nitrogens with zero attached hydrogens (tertiary/aromatic N) is 2. The van der Waals surface area contributed by atoms with Gasteiger partial charge in [0, 0.05) is 23.3 Å². The molecule has 0 unspecified atom stereocenters. The molecule has 3 rings (SSSR count). The molecule has 2 aromatic rings. The highest BCUT2D eigenvalue weighted by atomic mass is 32.1. The number of anilines is 3. The zero-order chi connectivity index (χ0) is 15.7. The van der Waals surface area contributed by atoms with E-state index in [1.54, 1.807) is 12.3 Å². The Morgan fingerprint density at radius 3 is 3.09 bits per heavy atom. The van der Waals surface area contributed by atoms with Crippen molar-refractivity contribution >= 4 is 33.8 Å². The Hall–Kier alpha value is -2.28. The predicted molar refractivity (Wildman–Crippen MR) is 88.5 cm³/mol. The molecule has 22 heavy (non-hydrogen) atoms. The second kappa shape index (κ2) is 5.49. The van der Waals surface area contributed by atoms with E-state index in [0.717, 1.165) is 5.69 Å². The number of carbonyl (C=O) groups is 1. The van der Waals surface area contributed by atoms with Crippen LogP contribution in [0.1, 0.15) is 13.8 Å². The maximum atomic E-state index is 12.2. The van der Waals surface area contributed by atoms with Gasteiger partial charge in [0.05, 0.1) is 18.8 Å². The summed E-state index contributed by atoms with van der Waals surface area (Å²) in [5, 5.41) is 5.23. The van der Waals surface area contributed by atoms with Crippen LogP contribution in [0, 0.1) is 0 Å². The quantitative estimate of drug-likeness (QED) is 0.849. The van der Waals surface area contributed by atoms with Gasteiger partial charge in [-0.25, -0.2) is 4.98 Å². The summed E-state index contributed by atoms with van der Waals surface area (Å²) in [6, 6.07) is 5.49. The first-order chi connectivity index (χ1) is 10.4. The van der Waals surface area contributed by atoms with E-state index in [-0.39, 0.29) is 18.1 Å². The van der Waals surface area contributed by atoms with Crippen LogP contribution in [-0.4, -0.2) is 29.6 Å². The number of hydrogen-bond acceptors (Lipinski definition) is 6. The summed E-state index contributed by atoms with van der Waals surface area (Å²) < 4.78 is 5.95. The van der Waals surface area contributed by atoms with Crippen molar-refractivity contribution in [2.24, 2.45) is 0 Å². The molecule has 0 bridgehead atoms. The molecule has 0 atom stereocenters. The topological polar surface area (TPSA) is 80.5 Å². The summed E-state index contributed by atoms with van der Waals surface area (Å²) >= 11 is 1.40. The molecule has 0 radical (unpaired) electrons. The number of carbonyl (C=O) groups excluding carboxylic acids is 1. The van der Waals surface area contributed by atoms with Gasteiger partial charge in [-0.15, -0.1) is 11.3 Å². The third-order valence-electron chi connectivity index (χ3n) is 3.30. The molecule has 0 saturated carbocycles. The largest absolute Gasteiger partial charge is 0.484 e. The van der Waals surface area contributed by atoms with Crippen molar-refractivity contribution in [1.82, 2.24) is 4.98 Å². The molecule has 0 saturated heterocycles. The van der Waals surface area contributed by atoms with Crippen molar-refractivity contribution in [1.29, 1.82) is 0 Å². The summed E-state index contributed by atoms with van der Waals surface area (Å²) in [7, 11) is 0. The molecule has 7 heteroatoms. The third kappa shape index (κ3) is 3.14. The predicted octanol–water partition coefficient (Wildman–Crippen LogP) is 2.34. The van der Waals surface area contributed by atoms with Gasteiger partial charge in [0.25, 0.3) is 0 Å². The number of hydrogen-bond donors (Lipinski definition) is 2. The van der Waals surface area contributed by atoms with Crippen molar-refractivity contribution < 1.29 is 9.53 Å². The number of amides is 1. The zero-order valence-corrected chi connectivity index (χ0v) is 13.3. The summed E-state index contributed by atoms with van der Waals surface area (Å²) in [6.07, 6.45) is 1.66. The van der Waals surface area contributed by atoms with Crippen LogP contribution < -0.4 is 20.7 Å². The first-order valence-corrected chi connectivity index (χ1v) is 7.84. The molecule has 1 amide bonds. The molecular formula is C15H18N4O2S. The first kappa shape index (κ1) is 14.6. The standard InChI is InChI=1S/C15H18N4O2S/c1-15(2)9-19(8-13(20)18-14-17-5-6-22-14)11-4-3-10(16)7-12(11)21-15/h3-7H,8-9,16H2,1-2H3,(H,17,18,20). The fraction of sp³-hybridized carbons (Fsp3) is 0.333. The minimum atomic E-state index is -0.387. The Morgan fingerprint density at radius 2 is 2.36 bits per heavy atom. The van der Waals surface area contributed by atoms with E-state index in [4.69, 9.17) is 10.5 Å². The lowest BCUT2D eigenvalue weighted by atomic mass is 10.0. The molecule has 3 N–H and O–H groups in total. The molecule has 6 nitrogen and oxygen atoms in total. The molecule has 0 aliphatic carbocycles. The lowest BCUT2D eigenvalue weighted by Gasteiger charge is -2.40. The highest BCUT2D eigenvalue weighted by molar-refractivity contribution is 7.13. The summed E-state index contributed by atoms with van der Waals surface area (Å²) in [5.41, 5.74) is 6.96. The molecule has 0 spiro atoms. The molecule has 116 valence electrons. The fourth-order valence-corrected chi connectivity index (χ4v) is 3.05. The van der Waals surface area contributed by atoms with E-state index in [9.17, 15) is 4.79 Å². The minimum Gasteiger partial charge on any atom is -0.484 e. The lowest BCUT2D eigenvalue weighted by Crippen LogP contribution is -2.49. The van der Waals surface area contributed by atoms with E-state index in [0.29, 0.717) is 23.1 Å². The fourth-order valence-electron chi connectivity index (χ4n) is 2.51. The Bertz CT molecular complexity index is 685. The first-order valence-electron chi connectivity index (χ1n) is 6.96. The highest BCUT2D eigenvalue weighted by Gasteiger charge is 2.32. The van der Waals surface area contributed by atoms with E-state index in [1.807, 2.05) is 36.3 Å². The number of aromatic nitrogens is 1. The second-order valence-electron chi connectivity index (χ2n) is 5.83. The van der Waals surface area contributed by atoms with Gasteiger partial charge in [0.2, 0.25) is 5.91 Å². The van der Waals surface area contributed by atoms with Crippen molar-refractivity contribution in [3.05, 3.63) is 29.8 Å². The number of fused-ring (bicyclic) bond motifs is 1. The third-order valence-corrected chi connectivity index (χ3v) is 3.98.